The predicted molar refractivity (Wildman–Crippen MR) is 430 cm³/mol. The number of cyclic esters (lactones) is 2. The Morgan fingerprint density at radius 2 is 0.792 bits per heavy atom. The molecule has 700 valence electrons. The van der Waals surface area contributed by atoms with Crippen LogP contribution in [0.15, 0.2) is 97.2 Å². The number of carbonyl (C=O) groups is 6. The molecule has 4 saturated heterocycles. The summed E-state index contributed by atoms with van der Waals surface area (Å²) in [5, 5.41) is 150. The summed E-state index contributed by atoms with van der Waals surface area (Å²) in [4.78, 5) is 76.3. The van der Waals surface area contributed by atoms with Gasteiger partial charge in [-0.05, 0) is 65.2 Å². The van der Waals surface area contributed by atoms with Crippen molar-refractivity contribution in [2.45, 2.75) is 329 Å². The summed E-state index contributed by atoms with van der Waals surface area (Å²) in [6.45, 7) is 10.5. The second-order valence-corrected chi connectivity index (χ2v) is 30.7. The summed E-state index contributed by atoms with van der Waals surface area (Å²) in [6.07, 6.45) is 5.99. The largest absolute Gasteiger partial charge is 0.481 e. The maximum absolute atomic E-state index is 13.0. The van der Waals surface area contributed by atoms with Crippen molar-refractivity contribution in [3.8, 4) is 0 Å². The highest BCUT2D eigenvalue weighted by Crippen LogP contribution is 2.41. The molecule has 0 aromatic heterocycles. The molecule has 41 nitrogen and oxygen atoms in total. The molecule has 34 N–H and O–H groups in total. The second-order valence-electron chi connectivity index (χ2n) is 29.8. The van der Waals surface area contributed by atoms with Crippen molar-refractivity contribution in [3.05, 3.63) is 97.2 Å². The molecule has 6 aliphatic rings. The molecule has 42 heteroatoms. The third-order valence-corrected chi connectivity index (χ3v) is 20.3. The Morgan fingerprint density at radius 3 is 1.09 bits per heavy atom. The number of hydrogen-bond acceptors (Lipinski definition) is 30. The van der Waals surface area contributed by atoms with Crippen LogP contribution in [0.5, 0.6) is 0 Å². The molecule has 0 unspecified atom stereocenters. The van der Waals surface area contributed by atoms with Gasteiger partial charge in [0.2, 0.25) is 0 Å². The van der Waals surface area contributed by atoms with Gasteiger partial charge in [-0.2, -0.15) is 8.42 Å². The molecular weight excluding hydrogens is 1620 g/mol. The van der Waals surface area contributed by atoms with E-state index in [4.69, 9.17) is 66.9 Å². The summed E-state index contributed by atoms with van der Waals surface area (Å²) in [6, 6.07) is -2.21. The number of fused-ring (bicyclic) bond motifs is 4. The van der Waals surface area contributed by atoms with Gasteiger partial charge in [-0.3, -0.25) is 37.9 Å². The topological polar surface area (TPSA) is 807 Å². The molecule has 4 fully saturated rings. The van der Waals surface area contributed by atoms with Crippen molar-refractivity contribution in [2.75, 3.05) is 0 Å². The van der Waals surface area contributed by atoms with Gasteiger partial charge < -0.3 is 159 Å². The Hall–Kier alpha value is -6.07. The van der Waals surface area contributed by atoms with Crippen molar-refractivity contribution in [1.82, 2.24) is 0 Å². The zero-order chi connectivity index (χ0) is 84.5. The molecule has 0 amide bonds. The Bertz CT molecular complexity index is 3100. The van der Waals surface area contributed by atoms with E-state index in [-0.39, 0.29) is 127 Å². The van der Waals surface area contributed by atoms with E-state index in [1.807, 2.05) is 26.0 Å². The number of allylic oxidation sites excluding steroid dienone is 12. The van der Waals surface area contributed by atoms with Crippen LogP contribution in [0.3, 0.4) is 0 Å². The average Bonchev–Trinajstić information content (AvgIpc) is 0.786. The highest BCUT2D eigenvalue weighted by Gasteiger charge is 2.53. The van der Waals surface area contributed by atoms with Crippen LogP contribution in [0.1, 0.15) is 183 Å². The Balaban J connectivity index is -0.00000100. The molecule has 4 bridgehead atoms. The first-order chi connectivity index (χ1) is 53.2. The molecule has 6 heterocycles. The minimum Gasteiger partial charge on any atom is -0.481 e. The van der Waals surface area contributed by atoms with Crippen LogP contribution in [0, 0.1) is 23.7 Å². The fraction of sp³-hybridized carbons (Fsp3) is 0.718. The number of esters is 2. The number of aliphatic hydroxyl groups is 12. The van der Waals surface area contributed by atoms with Crippen molar-refractivity contribution < 1.29 is 194 Å². The second kappa shape index (κ2) is 59.7. The third kappa shape index (κ3) is 41.6. The zero-order valence-corrected chi connectivity index (χ0v) is 69.4. The SMILES string of the molecule is CCC[C@@H]1C/C=C/C=C/C=C/C=C/[C@H](O[C@@H]2O[C@H](C)[C@@H](O)[C@H](N)[C@@H]2O)C[C@@H]2O[C@](O)(C[C@@H](O)CCCC(=O)C[C@@H](O)[C@H](CC)C(=O)O1)C[C@H](O)[C@H]2C(=O)O.CCC[C@@H]1C/C=C/C=C/C=C/C=C/[C@H](O[C@@H]2O[C@H](C)[C@@H](O)[C@H](N)[C@@H]2O)C[C@@H]2O[C@](O)(C[C@@H](O)CCCC(=O)C[C@@H](O)[C@H](CC)C(=O)O1)C[C@H](O)[C@H]2C(=O)O.O.O.O.O.O.O.O.O=S(=O)(O)O. The number of carbonyl (C=O) groups excluding carboxylic acids is 4. The van der Waals surface area contributed by atoms with Gasteiger partial charge in [0, 0.05) is 77.0 Å². The summed E-state index contributed by atoms with van der Waals surface area (Å²) in [7, 11) is -4.67. The van der Waals surface area contributed by atoms with E-state index >= 15 is 0 Å². The number of carboxylic acids is 2. The number of hydrogen-bond donors (Lipinski definition) is 18. The monoisotopic (exact) mass is 1760 g/mol. The molecule has 0 aliphatic carbocycles. The molecule has 120 heavy (non-hydrogen) atoms. The predicted octanol–water partition coefficient (Wildman–Crippen LogP) is -3.02. The fourth-order valence-electron chi connectivity index (χ4n) is 14.3. The Labute approximate surface area is 698 Å². The summed E-state index contributed by atoms with van der Waals surface area (Å²) < 4.78 is 78.5. The van der Waals surface area contributed by atoms with Crippen LogP contribution >= 0.6 is 0 Å². The zero-order valence-electron chi connectivity index (χ0n) is 68.6. The third-order valence-electron chi connectivity index (χ3n) is 20.3. The maximum Gasteiger partial charge on any atom is 0.394 e. The van der Waals surface area contributed by atoms with Gasteiger partial charge in [0.05, 0.1) is 109 Å². The van der Waals surface area contributed by atoms with Crippen LogP contribution in [0.4, 0.5) is 0 Å². The summed E-state index contributed by atoms with van der Waals surface area (Å²) >= 11 is 0. The molecule has 6 rings (SSSR count). The number of Topliss-reactive ketones (excluding diaryl/α,β-unsaturated/α-hetero) is 2. The first-order valence-electron chi connectivity index (χ1n) is 38.8. The minimum atomic E-state index is -4.67. The van der Waals surface area contributed by atoms with E-state index in [0.717, 1.165) is 12.8 Å². The van der Waals surface area contributed by atoms with Crippen LogP contribution in [-0.2, 0) is 77.1 Å². The summed E-state index contributed by atoms with van der Waals surface area (Å²) in [5.74, 6) is -13.6. The first-order valence-corrected chi connectivity index (χ1v) is 40.2. The molecule has 6 aliphatic heterocycles. The lowest BCUT2D eigenvalue weighted by Gasteiger charge is -2.45. The van der Waals surface area contributed by atoms with Gasteiger partial charge in [0.25, 0.3) is 0 Å². The molecular formula is C78H138N2O39S. The van der Waals surface area contributed by atoms with E-state index in [1.54, 1.807) is 113 Å². The van der Waals surface area contributed by atoms with Gasteiger partial charge in [0.1, 0.15) is 47.8 Å². The van der Waals surface area contributed by atoms with Crippen molar-refractivity contribution in [2.24, 2.45) is 35.1 Å². The number of ether oxygens (including phenoxy) is 8. The van der Waals surface area contributed by atoms with E-state index in [9.17, 15) is 100 Å². The molecule has 0 aromatic carbocycles. The van der Waals surface area contributed by atoms with Crippen molar-refractivity contribution in [3.63, 3.8) is 0 Å². The van der Waals surface area contributed by atoms with Gasteiger partial charge in [-0.15, -0.1) is 0 Å². The van der Waals surface area contributed by atoms with Gasteiger partial charge in [0.15, 0.2) is 24.2 Å². The summed E-state index contributed by atoms with van der Waals surface area (Å²) in [5.41, 5.74) is 12.0. The minimum absolute atomic E-state index is 0. The maximum atomic E-state index is 13.0. The van der Waals surface area contributed by atoms with Gasteiger partial charge in [-0.1, -0.05) is 138 Å². The van der Waals surface area contributed by atoms with Crippen LogP contribution in [-0.4, -0.2) is 309 Å². The molecule has 0 spiro atoms. The normalized spacial score (nSPS) is 38.5. The Morgan fingerprint density at radius 1 is 0.483 bits per heavy atom. The molecule has 0 saturated carbocycles. The van der Waals surface area contributed by atoms with Gasteiger partial charge >= 0.3 is 34.3 Å². The highest BCUT2D eigenvalue weighted by molar-refractivity contribution is 7.79. The number of aliphatic hydroxyl groups excluding tert-OH is 10. The number of rotatable bonds is 12. The van der Waals surface area contributed by atoms with E-state index in [1.165, 1.54) is 0 Å². The highest BCUT2D eigenvalue weighted by atomic mass is 32.3. The van der Waals surface area contributed by atoms with Crippen LogP contribution in [0.25, 0.3) is 0 Å². The van der Waals surface area contributed by atoms with Crippen molar-refractivity contribution in [1.29, 1.82) is 0 Å². The lowest BCUT2D eigenvalue weighted by Crippen LogP contribution is -2.61. The lowest BCUT2D eigenvalue weighted by atomic mass is 9.83. The Kier molecular flexibility index (Phi) is 59.8. The van der Waals surface area contributed by atoms with Crippen molar-refractivity contribution >= 4 is 45.8 Å². The average molecular weight is 1760 g/mol. The molecule has 0 radical (unpaired) electrons. The van der Waals surface area contributed by atoms with E-state index in [2.05, 4.69) is 0 Å². The van der Waals surface area contributed by atoms with E-state index < -0.39 is 230 Å². The quantitative estimate of drug-likeness (QED) is 0.0683. The number of aliphatic carboxylic acids is 2. The van der Waals surface area contributed by atoms with Crippen LogP contribution in [0.2, 0.25) is 0 Å². The first kappa shape index (κ1) is 120. The smallest absolute Gasteiger partial charge is 0.394 e. The van der Waals surface area contributed by atoms with E-state index in [0.29, 0.717) is 25.7 Å². The number of nitrogens with two attached hydrogens (primary N) is 2. The lowest BCUT2D eigenvalue weighted by molar-refractivity contribution is -0.309. The van der Waals surface area contributed by atoms with Crippen LogP contribution < -0.4 is 11.5 Å². The molecule has 28 atom stereocenters. The number of carboxylic acid groups (broad SMARTS) is 2. The standard InChI is InChI=1S/2C39H61NO14.H2O4S.7H2O/c2*1-4-14-26-17-11-9-7-6-8-10-12-18-27(53-38-35(46)33(40)34(45)23(3)51-38)20-31-32(36(47)48)30(44)22-39(50,54-31)21-25(42)16-13-15-24(41)19-29(43)28(5-2)37(49)52-26;1-5(2,3)4;;;;;;;/h2*6-12,18,23,25-35,38,42-46,50H,4-5,13-17,19-22,40H2,1-3H3,(H,47,48);(H2,1,2,3,4);7*1H2/b2*7-6+,10-8+,11-9+,18-12+;;;;;;;;/t2*23-,25+,26-,27+,28+,29-,30+,31+,32-,33+,34-,35+,38+,39-;;;;;;;;/m11......../s1. The number of ketones is 2. The molecule has 0 aromatic rings. The van der Waals surface area contributed by atoms with Gasteiger partial charge in [-0.25, -0.2) is 0 Å². The fourth-order valence-corrected chi connectivity index (χ4v) is 14.3.